The van der Waals surface area contributed by atoms with Gasteiger partial charge in [0.05, 0.1) is 32.2 Å². The summed E-state index contributed by atoms with van der Waals surface area (Å²) in [7, 11) is 4.86. The normalized spacial score (nSPS) is 18.4. The quantitative estimate of drug-likeness (QED) is 0.534. The number of benzene rings is 2. The van der Waals surface area contributed by atoms with Crippen LogP contribution in [-0.2, 0) is 6.54 Å². The lowest BCUT2D eigenvalue weighted by Gasteiger charge is -2.29. The molecule has 0 spiro atoms. The third kappa shape index (κ3) is 5.09. The Morgan fingerprint density at radius 1 is 1.00 bits per heavy atom. The van der Waals surface area contributed by atoms with E-state index in [-0.39, 0.29) is 5.56 Å². The van der Waals surface area contributed by atoms with Gasteiger partial charge in [-0.2, -0.15) is 0 Å². The minimum Gasteiger partial charge on any atom is -0.497 e. The van der Waals surface area contributed by atoms with Crippen molar-refractivity contribution < 1.29 is 14.2 Å². The van der Waals surface area contributed by atoms with Crippen molar-refractivity contribution in [1.29, 1.82) is 0 Å². The van der Waals surface area contributed by atoms with Crippen LogP contribution in [0.1, 0.15) is 37.1 Å². The van der Waals surface area contributed by atoms with Crippen LogP contribution in [0, 0.1) is 11.8 Å². The summed E-state index contributed by atoms with van der Waals surface area (Å²) in [6.07, 6.45) is 8.22. The molecule has 1 saturated carbocycles. The molecule has 1 aliphatic rings. The van der Waals surface area contributed by atoms with E-state index in [0.29, 0.717) is 47.4 Å². The van der Waals surface area contributed by atoms with Gasteiger partial charge in [0.1, 0.15) is 23.1 Å². The highest BCUT2D eigenvalue weighted by Gasteiger charge is 2.23. The fraction of sp³-hybridized carbons (Fsp3) is 0.407. The second-order valence-corrected chi connectivity index (χ2v) is 8.84. The topological polar surface area (TPSA) is 88.6 Å². The van der Waals surface area contributed by atoms with Crippen molar-refractivity contribution >= 4 is 23.1 Å². The molecule has 0 amide bonds. The SMILES string of the molecule is COc1ccc(OC)c(C=Cc2nc3ccc(OC)cc3c(=O)n2CC2CCCC(CN)C2)c1. The molecule has 1 aromatic heterocycles. The fourth-order valence-corrected chi connectivity index (χ4v) is 4.82. The summed E-state index contributed by atoms with van der Waals surface area (Å²) in [4.78, 5) is 18.5. The van der Waals surface area contributed by atoms with Crippen LogP contribution in [0.5, 0.6) is 17.2 Å². The van der Waals surface area contributed by atoms with E-state index in [1.165, 1.54) is 0 Å². The van der Waals surface area contributed by atoms with Crippen molar-refractivity contribution in [1.82, 2.24) is 9.55 Å². The highest BCUT2D eigenvalue weighted by Crippen LogP contribution is 2.30. The van der Waals surface area contributed by atoms with Crippen LogP contribution in [0.15, 0.2) is 41.2 Å². The average molecular weight is 464 g/mol. The van der Waals surface area contributed by atoms with E-state index in [4.69, 9.17) is 24.9 Å². The number of hydrogen-bond acceptors (Lipinski definition) is 6. The van der Waals surface area contributed by atoms with Gasteiger partial charge >= 0.3 is 0 Å². The van der Waals surface area contributed by atoms with Gasteiger partial charge in [0.15, 0.2) is 0 Å². The van der Waals surface area contributed by atoms with Gasteiger partial charge in [-0.1, -0.05) is 6.42 Å². The van der Waals surface area contributed by atoms with Crippen molar-refractivity contribution in [3.63, 3.8) is 0 Å². The highest BCUT2D eigenvalue weighted by molar-refractivity contribution is 5.81. The molecule has 3 aromatic rings. The molecule has 0 saturated heterocycles. The number of hydrogen-bond donors (Lipinski definition) is 1. The maximum Gasteiger partial charge on any atom is 0.261 e. The zero-order valence-corrected chi connectivity index (χ0v) is 20.1. The van der Waals surface area contributed by atoms with Crippen LogP contribution in [0.3, 0.4) is 0 Å². The summed E-state index contributed by atoms with van der Waals surface area (Å²) >= 11 is 0. The molecule has 0 aliphatic heterocycles. The molecular weight excluding hydrogens is 430 g/mol. The predicted octanol–water partition coefficient (Wildman–Crippen LogP) is 4.36. The molecule has 4 rings (SSSR count). The van der Waals surface area contributed by atoms with E-state index in [1.54, 1.807) is 32.0 Å². The van der Waals surface area contributed by atoms with Crippen LogP contribution in [0.2, 0.25) is 0 Å². The second-order valence-electron chi connectivity index (χ2n) is 8.84. The molecule has 2 N–H and O–H groups in total. The Labute approximate surface area is 200 Å². The predicted molar refractivity (Wildman–Crippen MR) is 136 cm³/mol. The first-order chi connectivity index (χ1) is 16.6. The first-order valence-electron chi connectivity index (χ1n) is 11.7. The van der Waals surface area contributed by atoms with E-state index in [9.17, 15) is 4.79 Å². The zero-order valence-electron chi connectivity index (χ0n) is 20.1. The van der Waals surface area contributed by atoms with Crippen molar-refractivity contribution in [2.75, 3.05) is 27.9 Å². The smallest absolute Gasteiger partial charge is 0.261 e. The first kappa shape index (κ1) is 23.8. The molecule has 2 atom stereocenters. The third-order valence-electron chi connectivity index (χ3n) is 6.71. The summed E-state index contributed by atoms with van der Waals surface area (Å²) in [6.45, 7) is 1.31. The Morgan fingerprint density at radius 2 is 1.74 bits per heavy atom. The lowest BCUT2D eigenvalue weighted by atomic mass is 9.81. The summed E-state index contributed by atoms with van der Waals surface area (Å²) in [5, 5.41) is 0.557. The van der Waals surface area contributed by atoms with E-state index in [0.717, 1.165) is 42.7 Å². The largest absolute Gasteiger partial charge is 0.497 e. The molecule has 1 fully saturated rings. The Kier molecular flexibility index (Phi) is 7.53. The number of rotatable bonds is 8. The van der Waals surface area contributed by atoms with Crippen LogP contribution in [0.4, 0.5) is 0 Å². The lowest BCUT2D eigenvalue weighted by molar-refractivity contribution is 0.245. The molecule has 2 aromatic carbocycles. The van der Waals surface area contributed by atoms with Crippen molar-refractivity contribution in [3.05, 3.63) is 58.1 Å². The molecule has 0 bridgehead atoms. The van der Waals surface area contributed by atoms with Gasteiger partial charge in [-0.05, 0) is 86.2 Å². The van der Waals surface area contributed by atoms with Gasteiger partial charge in [-0.15, -0.1) is 0 Å². The number of aromatic nitrogens is 2. The third-order valence-corrected chi connectivity index (χ3v) is 6.71. The van der Waals surface area contributed by atoms with Gasteiger partial charge < -0.3 is 19.9 Å². The number of fused-ring (bicyclic) bond motifs is 1. The van der Waals surface area contributed by atoms with Gasteiger partial charge in [0.25, 0.3) is 5.56 Å². The standard InChI is InChI=1S/C27H33N3O4/c1-32-21-9-11-25(34-3)20(14-21)7-12-26-29-24-10-8-22(33-2)15-23(24)27(31)30(26)17-19-6-4-5-18(13-19)16-28/h7-12,14-15,18-19H,4-6,13,16-17,28H2,1-3H3. The lowest BCUT2D eigenvalue weighted by Crippen LogP contribution is -2.31. The van der Waals surface area contributed by atoms with Gasteiger partial charge in [-0.3, -0.25) is 9.36 Å². The number of nitrogens with zero attached hydrogens (tertiary/aromatic N) is 2. The van der Waals surface area contributed by atoms with Gasteiger partial charge in [0, 0.05) is 12.1 Å². The molecule has 7 heteroatoms. The summed E-state index contributed by atoms with van der Waals surface area (Å²) in [5.74, 6) is 3.61. The Balaban J connectivity index is 1.79. The number of ether oxygens (including phenoxy) is 3. The summed E-state index contributed by atoms with van der Waals surface area (Å²) < 4.78 is 18.0. The average Bonchev–Trinajstić information content (AvgIpc) is 2.89. The van der Waals surface area contributed by atoms with Gasteiger partial charge in [-0.25, -0.2) is 4.98 Å². The first-order valence-corrected chi connectivity index (χ1v) is 11.7. The molecule has 34 heavy (non-hydrogen) atoms. The van der Waals surface area contributed by atoms with Crippen LogP contribution < -0.4 is 25.5 Å². The molecule has 0 radical (unpaired) electrons. The zero-order chi connectivity index (χ0) is 24.1. The van der Waals surface area contributed by atoms with Crippen molar-refractivity contribution in [2.45, 2.75) is 32.2 Å². The van der Waals surface area contributed by atoms with Gasteiger partial charge in [0.2, 0.25) is 0 Å². The van der Waals surface area contributed by atoms with Crippen LogP contribution in [-0.4, -0.2) is 37.4 Å². The molecule has 7 nitrogen and oxygen atoms in total. The minimum absolute atomic E-state index is 0.0592. The minimum atomic E-state index is -0.0592. The van der Waals surface area contributed by atoms with E-state index >= 15 is 0 Å². The van der Waals surface area contributed by atoms with Crippen LogP contribution in [0.25, 0.3) is 23.1 Å². The second kappa shape index (κ2) is 10.7. The van der Waals surface area contributed by atoms with Crippen molar-refractivity contribution in [3.8, 4) is 17.2 Å². The Bertz CT molecular complexity index is 1230. The summed E-state index contributed by atoms with van der Waals surface area (Å²) in [5.41, 5.74) is 7.39. The monoisotopic (exact) mass is 463 g/mol. The summed E-state index contributed by atoms with van der Waals surface area (Å²) in [6, 6.07) is 11.0. The van der Waals surface area contributed by atoms with Crippen LogP contribution >= 0.6 is 0 Å². The molecular formula is C27H33N3O4. The maximum atomic E-state index is 13.6. The molecule has 2 unspecified atom stereocenters. The number of nitrogens with two attached hydrogens (primary N) is 1. The highest BCUT2D eigenvalue weighted by atomic mass is 16.5. The molecule has 180 valence electrons. The Hall–Kier alpha value is -3.32. The maximum absolute atomic E-state index is 13.6. The molecule has 1 heterocycles. The Morgan fingerprint density at radius 3 is 2.47 bits per heavy atom. The van der Waals surface area contributed by atoms with E-state index < -0.39 is 0 Å². The van der Waals surface area contributed by atoms with E-state index in [1.807, 2.05) is 42.5 Å². The fourth-order valence-electron chi connectivity index (χ4n) is 4.82. The number of methoxy groups -OCH3 is 3. The molecule has 1 aliphatic carbocycles. The van der Waals surface area contributed by atoms with Crippen molar-refractivity contribution in [2.24, 2.45) is 17.6 Å². The van der Waals surface area contributed by atoms with E-state index in [2.05, 4.69) is 0 Å².